The van der Waals surface area contributed by atoms with Gasteiger partial charge in [0.1, 0.15) is 11.6 Å². The summed E-state index contributed by atoms with van der Waals surface area (Å²) in [5.74, 6) is -3.21. The van der Waals surface area contributed by atoms with Gasteiger partial charge in [-0.05, 0) is 12.1 Å². The Morgan fingerprint density at radius 2 is 1.92 bits per heavy atom. The number of aliphatic carboxylic acids is 1. The van der Waals surface area contributed by atoms with Gasteiger partial charge < -0.3 is 9.90 Å². The fraction of sp³-hybridized carbons (Fsp3) is 0.125. The highest BCUT2D eigenvalue weighted by Gasteiger charge is 2.11. The molecule has 2 nitrogen and oxygen atoms in total. The van der Waals surface area contributed by atoms with Gasteiger partial charge in [0.15, 0.2) is 0 Å². The lowest BCUT2D eigenvalue weighted by Gasteiger charge is -2.06. The van der Waals surface area contributed by atoms with Crippen molar-refractivity contribution in [3.05, 3.63) is 34.4 Å². The second-order valence-electron chi connectivity index (χ2n) is 2.37. The molecular weight excluding hydrogens is 202 g/mol. The number of benzene rings is 1. The Kier molecular flexibility index (Phi) is 2.83. The maximum Gasteiger partial charge on any atom is 0.142 e. The molecular formula is C8H4ClF2O2-. The number of carboxylic acids is 1. The van der Waals surface area contributed by atoms with Crippen LogP contribution in [0.25, 0.3) is 0 Å². The molecule has 1 rings (SSSR count). The average Bonchev–Trinajstić information content (AvgIpc) is 2.05. The summed E-state index contributed by atoms with van der Waals surface area (Å²) in [6.45, 7) is 0. The van der Waals surface area contributed by atoms with E-state index < -0.39 is 29.0 Å². The van der Waals surface area contributed by atoms with Crippen molar-refractivity contribution >= 4 is 17.6 Å². The van der Waals surface area contributed by atoms with E-state index >= 15 is 0 Å². The second-order valence-corrected chi connectivity index (χ2v) is 2.75. The molecule has 0 aliphatic carbocycles. The number of carboxylic acid groups (broad SMARTS) is 1. The molecule has 70 valence electrons. The van der Waals surface area contributed by atoms with Gasteiger partial charge in [0.05, 0.1) is 5.02 Å². The lowest BCUT2D eigenvalue weighted by Crippen LogP contribution is -2.25. The van der Waals surface area contributed by atoms with Gasteiger partial charge >= 0.3 is 0 Å². The van der Waals surface area contributed by atoms with Crippen LogP contribution in [-0.2, 0) is 11.2 Å². The highest BCUT2D eigenvalue weighted by molar-refractivity contribution is 6.31. The molecule has 0 saturated carbocycles. The number of rotatable bonds is 2. The predicted molar refractivity (Wildman–Crippen MR) is 40.1 cm³/mol. The summed E-state index contributed by atoms with van der Waals surface area (Å²) in [7, 11) is 0. The number of halogens is 3. The van der Waals surface area contributed by atoms with Crippen molar-refractivity contribution < 1.29 is 18.7 Å². The van der Waals surface area contributed by atoms with Crippen LogP contribution in [0.2, 0.25) is 5.02 Å². The molecule has 0 fully saturated rings. The van der Waals surface area contributed by atoms with Gasteiger partial charge in [-0.2, -0.15) is 0 Å². The fourth-order valence-corrected chi connectivity index (χ4v) is 1.10. The van der Waals surface area contributed by atoms with Gasteiger partial charge in [0.25, 0.3) is 0 Å². The normalized spacial score (nSPS) is 10.1. The minimum Gasteiger partial charge on any atom is -0.550 e. The van der Waals surface area contributed by atoms with E-state index in [0.29, 0.717) is 0 Å². The minimum absolute atomic E-state index is 0.387. The highest BCUT2D eigenvalue weighted by Crippen LogP contribution is 2.22. The number of hydrogen-bond donors (Lipinski definition) is 0. The van der Waals surface area contributed by atoms with Gasteiger partial charge in [-0.3, -0.25) is 0 Å². The van der Waals surface area contributed by atoms with E-state index in [1.165, 1.54) is 0 Å². The molecule has 0 aliphatic heterocycles. The van der Waals surface area contributed by atoms with Crippen LogP contribution in [0, 0.1) is 11.6 Å². The Balaban J connectivity index is 3.17. The average molecular weight is 206 g/mol. The van der Waals surface area contributed by atoms with E-state index in [4.69, 9.17) is 11.6 Å². The first-order chi connectivity index (χ1) is 6.02. The SMILES string of the molecule is O=C([O-])Cc1c(F)ccc(F)c1Cl. The van der Waals surface area contributed by atoms with Crippen molar-refractivity contribution in [3.63, 3.8) is 0 Å². The Hall–Kier alpha value is -1.16. The molecule has 0 heterocycles. The lowest BCUT2D eigenvalue weighted by molar-refractivity contribution is -0.304. The molecule has 0 radical (unpaired) electrons. The first-order valence-electron chi connectivity index (χ1n) is 3.34. The van der Waals surface area contributed by atoms with Crippen molar-refractivity contribution in [2.24, 2.45) is 0 Å². The topological polar surface area (TPSA) is 40.1 Å². The van der Waals surface area contributed by atoms with Crippen LogP contribution in [0.1, 0.15) is 5.56 Å². The zero-order valence-electron chi connectivity index (χ0n) is 6.31. The van der Waals surface area contributed by atoms with Crippen molar-refractivity contribution in [2.75, 3.05) is 0 Å². The molecule has 1 aromatic rings. The maximum atomic E-state index is 12.8. The van der Waals surface area contributed by atoms with Gasteiger partial charge in [-0.1, -0.05) is 11.6 Å². The van der Waals surface area contributed by atoms with Gasteiger partial charge in [0.2, 0.25) is 0 Å². The third-order valence-corrected chi connectivity index (χ3v) is 1.87. The minimum atomic E-state index is -1.51. The van der Waals surface area contributed by atoms with Crippen LogP contribution in [0.3, 0.4) is 0 Å². The summed E-state index contributed by atoms with van der Waals surface area (Å²) in [5.41, 5.74) is -0.387. The largest absolute Gasteiger partial charge is 0.550 e. The number of carbonyl (C=O) groups is 1. The Labute approximate surface area is 77.8 Å². The van der Waals surface area contributed by atoms with Gasteiger partial charge in [-0.25, -0.2) is 8.78 Å². The highest BCUT2D eigenvalue weighted by atomic mass is 35.5. The third kappa shape index (κ3) is 2.15. The molecule has 0 saturated heterocycles. The van der Waals surface area contributed by atoms with E-state index in [1.807, 2.05) is 0 Å². The molecule has 0 atom stereocenters. The molecule has 0 amide bonds. The standard InChI is InChI=1S/C8H5ClF2O2/c9-8-4(3-7(12)13)5(10)1-2-6(8)11/h1-2H,3H2,(H,12,13)/p-1. The summed E-state index contributed by atoms with van der Waals surface area (Å²) < 4.78 is 25.5. The molecule has 13 heavy (non-hydrogen) atoms. The van der Waals surface area contributed by atoms with Crippen LogP contribution >= 0.6 is 11.6 Å². The predicted octanol–water partition coefficient (Wildman–Crippen LogP) is 0.911. The third-order valence-electron chi connectivity index (χ3n) is 1.46. The van der Waals surface area contributed by atoms with Crippen molar-refractivity contribution in [2.45, 2.75) is 6.42 Å². The quantitative estimate of drug-likeness (QED) is 0.674. The molecule has 0 bridgehead atoms. The molecule has 1 aromatic carbocycles. The van der Waals surface area contributed by atoms with Crippen LogP contribution in [-0.4, -0.2) is 5.97 Å². The Morgan fingerprint density at radius 1 is 1.38 bits per heavy atom. The van der Waals surface area contributed by atoms with Crippen LogP contribution in [0.5, 0.6) is 0 Å². The maximum absolute atomic E-state index is 12.8. The first-order valence-corrected chi connectivity index (χ1v) is 3.72. The molecule has 0 aromatic heterocycles. The Bertz CT molecular complexity index is 352. The van der Waals surface area contributed by atoms with Crippen LogP contribution < -0.4 is 5.11 Å². The van der Waals surface area contributed by atoms with E-state index in [9.17, 15) is 18.7 Å². The van der Waals surface area contributed by atoms with Crippen molar-refractivity contribution in [1.82, 2.24) is 0 Å². The van der Waals surface area contributed by atoms with E-state index in [1.54, 1.807) is 0 Å². The second kappa shape index (κ2) is 3.70. The van der Waals surface area contributed by atoms with Gasteiger partial charge in [-0.15, -0.1) is 0 Å². The molecule has 0 aliphatic rings. The molecule has 0 N–H and O–H groups in total. The summed E-state index contributed by atoms with van der Waals surface area (Å²) in [5, 5.41) is 9.62. The van der Waals surface area contributed by atoms with Crippen LogP contribution in [0.4, 0.5) is 8.78 Å². The molecule has 5 heteroatoms. The lowest BCUT2D eigenvalue weighted by atomic mass is 10.1. The van der Waals surface area contributed by atoms with Gasteiger partial charge in [0, 0.05) is 18.0 Å². The number of hydrogen-bond acceptors (Lipinski definition) is 2. The summed E-state index contributed by atoms with van der Waals surface area (Å²) in [4.78, 5) is 10.1. The smallest absolute Gasteiger partial charge is 0.142 e. The van der Waals surface area contributed by atoms with Crippen molar-refractivity contribution in [3.8, 4) is 0 Å². The van der Waals surface area contributed by atoms with E-state index in [2.05, 4.69) is 0 Å². The zero-order chi connectivity index (χ0) is 10.0. The summed E-state index contributed by atoms with van der Waals surface area (Å²) in [6, 6.07) is 1.65. The Morgan fingerprint density at radius 3 is 2.46 bits per heavy atom. The number of carbonyl (C=O) groups excluding carboxylic acids is 1. The fourth-order valence-electron chi connectivity index (χ4n) is 0.875. The summed E-state index contributed by atoms with van der Waals surface area (Å²) >= 11 is 5.34. The molecule has 0 unspecified atom stereocenters. The molecule has 0 spiro atoms. The monoisotopic (exact) mass is 205 g/mol. The van der Waals surface area contributed by atoms with Crippen molar-refractivity contribution in [1.29, 1.82) is 0 Å². The first kappa shape index (κ1) is 9.92. The van der Waals surface area contributed by atoms with E-state index in [0.717, 1.165) is 12.1 Å². The summed E-state index contributed by atoms with van der Waals surface area (Å²) in [6.07, 6.45) is -0.734. The zero-order valence-corrected chi connectivity index (χ0v) is 7.07. The van der Waals surface area contributed by atoms with E-state index in [-0.39, 0.29) is 5.56 Å². The van der Waals surface area contributed by atoms with Crippen LogP contribution in [0.15, 0.2) is 12.1 Å².